The minimum absolute atomic E-state index is 0.322. The Labute approximate surface area is 143 Å². The van der Waals surface area contributed by atoms with Crippen molar-refractivity contribution in [3.05, 3.63) is 77.9 Å². The number of amides is 3. The SMILES string of the molecule is O=C(CN1C(=O)c2cccc3cccc(c23)C1=O)Nc1ccccc1. The average molecular weight is 330 g/mol. The molecule has 1 aliphatic heterocycles. The molecule has 0 saturated carbocycles. The molecule has 0 aliphatic carbocycles. The highest BCUT2D eigenvalue weighted by Gasteiger charge is 2.33. The van der Waals surface area contributed by atoms with E-state index in [0.29, 0.717) is 22.2 Å². The van der Waals surface area contributed by atoms with Crippen molar-refractivity contribution in [2.75, 3.05) is 11.9 Å². The molecular weight excluding hydrogens is 316 g/mol. The summed E-state index contributed by atoms with van der Waals surface area (Å²) in [6.45, 7) is -0.322. The molecule has 3 aromatic rings. The van der Waals surface area contributed by atoms with Crippen LogP contribution in [0.5, 0.6) is 0 Å². The molecule has 1 N–H and O–H groups in total. The van der Waals surface area contributed by atoms with E-state index in [1.165, 1.54) is 0 Å². The van der Waals surface area contributed by atoms with Crippen molar-refractivity contribution in [1.82, 2.24) is 4.90 Å². The van der Waals surface area contributed by atoms with Crippen LogP contribution < -0.4 is 5.32 Å². The van der Waals surface area contributed by atoms with Crippen LogP contribution in [0.15, 0.2) is 66.7 Å². The molecule has 4 rings (SSSR count). The number of para-hydroxylation sites is 1. The number of imide groups is 1. The van der Waals surface area contributed by atoms with Gasteiger partial charge in [0.05, 0.1) is 0 Å². The number of anilines is 1. The Balaban J connectivity index is 1.65. The summed E-state index contributed by atoms with van der Waals surface area (Å²) in [6.07, 6.45) is 0. The Morgan fingerprint density at radius 3 is 2.00 bits per heavy atom. The molecule has 3 amide bonds. The van der Waals surface area contributed by atoms with Gasteiger partial charge in [-0.15, -0.1) is 0 Å². The quantitative estimate of drug-likeness (QED) is 0.751. The number of nitrogens with one attached hydrogen (secondary N) is 1. The minimum Gasteiger partial charge on any atom is -0.325 e. The van der Waals surface area contributed by atoms with Crippen molar-refractivity contribution in [3.8, 4) is 0 Å². The van der Waals surface area contributed by atoms with Gasteiger partial charge in [-0.05, 0) is 29.7 Å². The number of benzene rings is 3. The predicted molar refractivity (Wildman–Crippen MR) is 94.4 cm³/mol. The first kappa shape index (κ1) is 15.1. The number of carbonyl (C=O) groups excluding carboxylic acids is 3. The molecule has 122 valence electrons. The first-order valence-electron chi connectivity index (χ1n) is 7.88. The zero-order valence-corrected chi connectivity index (χ0v) is 13.2. The van der Waals surface area contributed by atoms with E-state index in [1.54, 1.807) is 48.5 Å². The topological polar surface area (TPSA) is 66.5 Å². The molecule has 0 radical (unpaired) electrons. The lowest BCUT2D eigenvalue weighted by Gasteiger charge is -2.26. The Bertz CT molecular complexity index is 961. The summed E-state index contributed by atoms with van der Waals surface area (Å²) in [6, 6.07) is 19.6. The summed E-state index contributed by atoms with van der Waals surface area (Å²) < 4.78 is 0. The van der Waals surface area contributed by atoms with Crippen molar-refractivity contribution in [2.45, 2.75) is 0 Å². The molecule has 0 aromatic heterocycles. The summed E-state index contributed by atoms with van der Waals surface area (Å²) in [7, 11) is 0. The Hall–Kier alpha value is -3.47. The van der Waals surface area contributed by atoms with Gasteiger partial charge >= 0.3 is 0 Å². The Kier molecular flexibility index (Phi) is 3.54. The highest BCUT2D eigenvalue weighted by atomic mass is 16.2. The van der Waals surface area contributed by atoms with Crippen LogP contribution in [0, 0.1) is 0 Å². The van der Waals surface area contributed by atoms with Crippen LogP contribution in [0.3, 0.4) is 0 Å². The van der Waals surface area contributed by atoms with Gasteiger partial charge in [-0.1, -0.05) is 42.5 Å². The van der Waals surface area contributed by atoms with Gasteiger partial charge in [0.1, 0.15) is 6.54 Å². The molecule has 5 nitrogen and oxygen atoms in total. The maximum absolute atomic E-state index is 12.7. The molecule has 5 heteroatoms. The maximum Gasteiger partial charge on any atom is 0.261 e. The van der Waals surface area contributed by atoms with Gasteiger partial charge in [0.25, 0.3) is 11.8 Å². The third-order valence-corrected chi connectivity index (χ3v) is 4.22. The van der Waals surface area contributed by atoms with E-state index < -0.39 is 17.7 Å². The van der Waals surface area contributed by atoms with Crippen LogP contribution >= 0.6 is 0 Å². The highest BCUT2D eigenvalue weighted by molar-refractivity contribution is 6.26. The summed E-state index contributed by atoms with van der Waals surface area (Å²) >= 11 is 0. The molecule has 0 spiro atoms. The maximum atomic E-state index is 12.7. The van der Waals surface area contributed by atoms with Crippen molar-refractivity contribution in [1.29, 1.82) is 0 Å². The number of hydrogen-bond donors (Lipinski definition) is 1. The van der Waals surface area contributed by atoms with Crippen LogP contribution in [0.25, 0.3) is 10.8 Å². The van der Waals surface area contributed by atoms with Gasteiger partial charge in [0.15, 0.2) is 0 Å². The summed E-state index contributed by atoms with van der Waals surface area (Å²) in [5.74, 6) is -1.31. The third kappa shape index (κ3) is 2.55. The normalized spacial score (nSPS) is 13.2. The molecule has 1 heterocycles. The fraction of sp³-hybridized carbons (Fsp3) is 0.0500. The molecule has 25 heavy (non-hydrogen) atoms. The fourth-order valence-corrected chi connectivity index (χ4v) is 3.09. The second-order valence-corrected chi connectivity index (χ2v) is 5.82. The third-order valence-electron chi connectivity index (χ3n) is 4.22. The van der Waals surface area contributed by atoms with E-state index in [9.17, 15) is 14.4 Å². The summed E-state index contributed by atoms with van der Waals surface area (Å²) in [5, 5.41) is 4.18. The molecule has 0 saturated heterocycles. The van der Waals surface area contributed by atoms with Crippen molar-refractivity contribution in [3.63, 3.8) is 0 Å². The van der Waals surface area contributed by atoms with E-state index in [-0.39, 0.29) is 6.54 Å². The summed E-state index contributed by atoms with van der Waals surface area (Å²) in [4.78, 5) is 38.7. The lowest BCUT2D eigenvalue weighted by molar-refractivity contribution is -0.116. The predicted octanol–water partition coefficient (Wildman–Crippen LogP) is 3.07. The first-order valence-corrected chi connectivity index (χ1v) is 7.88. The standard InChI is InChI=1S/C20H14N2O3/c23-17(21-14-8-2-1-3-9-14)12-22-19(24)15-10-4-6-13-7-5-11-16(18(13)15)20(22)25/h1-11H,12H2,(H,21,23). The van der Waals surface area contributed by atoms with Crippen molar-refractivity contribution in [2.24, 2.45) is 0 Å². The number of hydrogen-bond acceptors (Lipinski definition) is 3. The van der Waals surface area contributed by atoms with Crippen molar-refractivity contribution < 1.29 is 14.4 Å². The zero-order chi connectivity index (χ0) is 17.4. The fourth-order valence-electron chi connectivity index (χ4n) is 3.09. The van der Waals surface area contributed by atoms with Gasteiger partial charge in [-0.2, -0.15) is 0 Å². The average Bonchev–Trinajstić information content (AvgIpc) is 2.64. The van der Waals surface area contributed by atoms with E-state index >= 15 is 0 Å². The lowest BCUT2D eigenvalue weighted by atomic mass is 9.94. The van der Waals surface area contributed by atoms with Crippen LogP contribution in [0.2, 0.25) is 0 Å². The van der Waals surface area contributed by atoms with E-state index in [0.717, 1.165) is 10.3 Å². The lowest BCUT2D eigenvalue weighted by Crippen LogP contribution is -2.44. The van der Waals surface area contributed by atoms with Gasteiger partial charge in [-0.3, -0.25) is 19.3 Å². The number of rotatable bonds is 3. The number of carbonyl (C=O) groups is 3. The molecule has 0 fully saturated rings. The van der Waals surface area contributed by atoms with Crippen LogP contribution in [0.1, 0.15) is 20.7 Å². The van der Waals surface area contributed by atoms with Gasteiger partial charge in [-0.25, -0.2) is 0 Å². The van der Waals surface area contributed by atoms with Crippen LogP contribution in [0.4, 0.5) is 5.69 Å². The Morgan fingerprint density at radius 2 is 1.40 bits per heavy atom. The van der Waals surface area contributed by atoms with Crippen LogP contribution in [-0.2, 0) is 4.79 Å². The molecule has 1 aliphatic rings. The molecule has 0 bridgehead atoms. The molecule has 3 aromatic carbocycles. The first-order chi connectivity index (χ1) is 12.1. The van der Waals surface area contributed by atoms with Gasteiger partial charge in [0, 0.05) is 22.2 Å². The smallest absolute Gasteiger partial charge is 0.261 e. The second-order valence-electron chi connectivity index (χ2n) is 5.82. The van der Waals surface area contributed by atoms with Gasteiger partial charge in [0.2, 0.25) is 5.91 Å². The highest BCUT2D eigenvalue weighted by Crippen LogP contribution is 2.29. The van der Waals surface area contributed by atoms with E-state index in [4.69, 9.17) is 0 Å². The van der Waals surface area contributed by atoms with Crippen molar-refractivity contribution >= 4 is 34.2 Å². The number of nitrogens with zero attached hydrogens (tertiary/aromatic N) is 1. The Morgan fingerprint density at radius 1 is 0.800 bits per heavy atom. The van der Waals surface area contributed by atoms with Crippen LogP contribution in [-0.4, -0.2) is 29.2 Å². The minimum atomic E-state index is -0.447. The zero-order valence-electron chi connectivity index (χ0n) is 13.2. The van der Waals surface area contributed by atoms with E-state index in [1.807, 2.05) is 18.2 Å². The molecule has 0 atom stereocenters. The van der Waals surface area contributed by atoms with Gasteiger partial charge < -0.3 is 5.32 Å². The van der Waals surface area contributed by atoms with E-state index in [2.05, 4.69) is 5.32 Å². The largest absolute Gasteiger partial charge is 0.325 e. The summed E-state index contributed by atoms with van der Waals surface area (Å²) in [5.41, 5.74) is 1.51. The monoisotopic (exact) mass is 330 g/mol. The molecule has 0 unspecified atom stereocenters. The molecular formula is C20H14N2O3. The second kappa shape index (κ2) is 5.87.